The Labute approximate surface area is 194 Å². The molecule has 0 saturated heterocycles. The van der Waals surface area contributed by atoms with Gasteiger partial charge in [-0.3, -0.25) is 0 Å². The summed E-state index contributed by atoms with van der Waals surface area (Å²) in [4.78, 5) is 14.5. The zero-order chi connectivity index (χ0) is 24.0. The highest BCUT2D eigenvalue weighted by Gasteiger charge is 2.20. The number of rotatable bonds is 8. The average Bonchev–Trinajstić information content (AvgIpc) is 2.79. The Balaban J connectivity index is 1.70. The van der Waals surface area contributed by atoms with E-state index < -0.39 is 15.9 Å². The van der Waals surface area contributed by atoms with Crippen LogP contribution in [0.4, 0.5) is 14.9 Å². The lowest BCUT2D eigenvalue weighted by Crippen LogP contribution is -2.40. The highest BCUT2D eigenvalue weighted by molar-refractivity contribution is 7.87. The first-order valence-electron chi connectivity index (χ1n) is 10.6. The van der Waals surface area contributed by atoms with Crippen molar-refractivity contribution < 1.29 is 21.8 Å². The molecule has 0 saturated carbocycles. The Hall–Kier alpha value is -3.39. The molecule has 0 bridgehead atoms. The predicted octanol–water partition coefficient (Wildman–Crippen LogP) is 5.73. The molecule has 0 aliphatic carbocycles. The number of hydrogen-bond acceptors (Lipinski definition) is 4. The number of urea groups is 1. The normalized spacial score (nSPS) is 12.1. The van der Waals surface area contributed by atoms with Gasteiger partial charge in [0.05, 0.1) is 0 Å². The molecule has 0 spiro atoms. The van der Waals surface area contributed by atoms with Crippen LogP contribution in [-0.4, -0.2) is 25.4 Å². The molecule has 6 nitrogen and oxygen atoms in total. The first-order chi connectivity index (χ1) is 15.7. The molecule has 1 unspecified atom stereocenters. The number of nitrogens with one attached hydrogen (secondary N) is 1. The van der Waals surface area contributed by atoms with Gasteiger partial charge < -0.3 is 14.4 Å². The van der Waals surface area contributed by atoms with Gasteiger partial charge in [-0.05, 0) is 74.4 Å². The molecule has 0 aliphatic rings. The van der Waals surface area contributed by atoms with E-state index in [1.54, 1.807) is 17.0 Å². The second-order valence-corrected chi connectivity index (χ2v) is 9.36. The summed E-state index contributed by atoms with van der Waals surface area (Å²) in [5, 5.41) is 2.93. The quantitative estimate of drug-likeness (QED) is 0.426. The number of amides is 2. The molecule has 2 amide bonds. The van der Waals surface area contributed by atoms with Crippen LogP contribution in [0.1, 0.15) is 31.4 Å². The summed E-state index contributed by atoms with van der Waals surface area (Å²) < 4.78 is 43.0. The van der Waals surface area contributed by atoms with Crippen molar-refractivity contribution in [1.82, 2.24) is 4.90 Å². The largest absolute Gasteiger partial charge is 0.379 e. The standard InChI is InChI=1S/C25H27FN2O4S/c1-4-19(3)28(25(29)27-22-11-5-18(2)6-12-22)17-20-7-13-23(14-8-20)32-33(30,31)24-15-9-21(26)10-16-24/h5-16,19H,4,17H2,1-3H3,(H,27,29). The Bertz CT molecular complexity index is 1180. The minimum atomic E-state index is -4.08. The molecular formula is C25H27FN2O4S. The molecule has 1 N–H and O–H groups in total. The molecule has 8 heteroatoms. The van der Waals surface area contributed by atoms with E-state index in [4.69, 9.17) is 4.18 Å². The fourth-order valence-corrected chi connectivity index (χ4v) is 4.03. The van der Waals surface area contributed by atoms with Crippen LogP contribution in [0.2, 0.25) is 0 Å². The molecule has 0 aromatic heterocycles. The number of halogens is 1. The molecule has 0 radical (unpaired) electrons. The van der Waals surface area contributed by atoms with E-state index in [-0.39, 0.29) is 22.7 Å². The number of carbonyl (C=O) groups excluding carboxylic acids is 1. The predicted molar refractivity (Wildman–Crippen MR) is 126 cm³/mol. The van der Waals surface area contributed by atoms with Crippen LogP contribution in [0.5, 0.6) is 5.75 Å². The van der Waals surface area contributed by atoms with Crippen molar-refractivity contribution in [3.8, 4) is 5.75 Å². The third-order valence-electron chi connectivity index (χ3n) is 5.27. The van der Waals surface area contributed by atoms with Gasteiger partial charge in [-0.2, -0.15) is 8.42 Å². The van der Waals surface area contributed by atoms with E-state index in [0.29, 0.717) is 12.2 Å². The third-order valence-corrected chi connectivity index (χ3v) is 6.53. The third kappa shape index (κ3) is 6.55. The minimum absolute atomic E-state index is 0.00905. The first-order valence-corrected chi connectivity index (χ1v) is 12.0. The summed E-state index contributed by atoms with van der Waals surface area (Å²) in [5.41, 5.74) is 2.64. The molecule has 174 valence electrons. The molecule has 0 heterocycles. The van der Waals surface area contributed by atoms with E-state index in [9.17, 15) is 17.6 Å². The van der Waals surface area contributed by atoms with Gasteiger partial charge in [0.15, 0.2) is 0 Å². The van der Waals surface area contributed by atoms with Gasteiger partial charge in [-0.25, -0.2) is 9.18 Å². The molecule has 3 aromatic rings. The molecular weight excluding hydrogens is 443 g/mol. The van der Waals surface area contributed by atoms with Crippen molar-refractivity contribution in [1.29, 1.82) is 0 Å². The topological polar surface area (TPSA) is 75.7 Å². The summed E-state index contributed by atoms with van der Waals surface area (Å²) in [7, 11) is -4.08. The zero-order valence-corrected chi connectivity index (χ0v) is 19.6. The van der Waals surface area contributed by atoms with Crippen molar-refractivity contribution >= 4 is 21.8 Å². The van der Waals surface area contributed by atoms with Crippen molar-refractivity contribution in [2.45, 2.75) is 44.7 Å². The molecule has 0 aliphatic heterocycles. The Morgan fingerprint density at radius 1 is 1.00 bits per heavy atom. The highest BCUT2D eigenvalue weighted by atomic mass is 32.2. The lowest BCUT2D eigenvalue weighted by atomic mass is 10.1. The molecule has 3 aromatic carbocycles. The summed E-state index contributed by atoms with van der Waals surface area (Å²) in [6, 6.07) is 18.3. The zero-order valence-electron chi connectivity index (χ0n) is 18.8. The van der Waals surface area contributed by atoms with Crippen LogP contribution in [-0.2, 0) is 16.7 Å². The van der Waals surface area contributed by atoms with E-state index in [0.717, 1.165) is 41.8 Å². The molecule has 0 fully saturated rings. The summed E-state index contributed by atoms with van der Waals surface area (Å²) in [6.07, 6.45) is 0.776. The first kappa shape index (κ1) is 24.3. The van der Waals surface area contributed by atoms with Crippen molar-refractivity contribution in [2.75, 3.05) is 5.32 Å². The van der Waals surface area contributed by atoms with E-state index >= 15 is 0 Å². The van der Waals surface area contributed by atoms with Crippen LogP contribution in [0.25, 0.3) is 0 Å². The SMILES string of the molecule is CCC(C)N(Cc1ccc(OS(=O)(=O)c2ccc(F)cc2)cc1)C(=O)Nc1ccc(C)cc1. The number of carbonyl (C=O) groups is 1. The monoisotopic (exact) mass is 470 g/mol. The second-order valence-electron chi connectivity index (χ2n) is 7.82. The minimum Gasteiger partial charge on any atom is -0.379 e. The van der Waals surface area contributed by atoms with Crippen LogP contribution in [0.15, 0.2) is 77.7 Å². The fraction of sp³-hybridized carbons (Fsp3) is 0.240. The number of aryl methyl sites for hydroxylation is 1. The lowest BCUT2D eigenvalue weighted by molar-refractivity contribution is 0.187. The van der Waals surface area contributed by atoms with Crippen molar-refractivity contribution in [2.24, 2.45) is 0 Å². The van der Waals surface area contributed by atoms with E-state index in [1.807, 2.05) is 45.0 Å². The van der Waals surface area contributed by atoms with Gasteiger partial charge in [0.2, 0.25) is 0 Å². The second kappa shape index (κ2) is 10.5. The van der Waals surface area contributed by atoms with Crippen LogP contribution >= 0.6 is 0 Å². The number of benzene rings is 3. The van der Waals surface area contributed by atoms with Gasteiger partial charge in [-0.1, -0.05) is 36.8 Å². The summed E-state index contributed by atoms with van der Waals surface area (Å²) in [5.74, 6) is -0.405. The smallest absolute Gasteiger partial charge is 0.339 e. The number of hydrogen-bond donors (Lipinski definition) is 1. The van der Waals surface area contributed by atoms with Crippen LogP contribution in [0.3, 0.4) is 0 Å². The highest BCUT2D eigenvalue weighted by Crippen LogP contribution is 2.21. The maximum atomic E-state index is 13.1. The Morgan fingerprint density at radius 3 is 2.18 bits per heavy atom. The Morgan fingerprint density at radius 2 is 1.61 bits per heavy atom. The fourth-order valence-electron chi connectivity index (χ4n) is 3.10. The molecule has 3 rings (SSSR count). The number of anilines is 1. The maximum Gasteiger partial charge on any atom is 0.339 e. The van der Waals surface area contributed by atoms with Gasteiger partial charge in [0.1, 0.15) is 16.5 Å². The molecule has 33 heavy (non-hydrogen) atoms. The summed E-state index contributed by atoms with van der Waals surface area (Å²) in [6.45, 7) is 6.31. The Kier molecular flexibility index (Phi) is 7.71. The van der Waals surface area contributed by atoms with Gasteiger partial charge in [0.25, 0.3) is 0 Å². The van der Waals surface area contributed by atoms with E-state index in [2.05, 4.69) is 5.32 Å². The van der Waals surface area contributed by atoms with Crippen molar-refractivity contribution in [3.05, 3.63) is 89.7 Å². The van der Waals surface area contributed by atoms with Crippen LogP contribution < -0.4 is 9.50 Å². The van der Waals surface area contributed by atoms with Gasteiger partial charge >= 0.3 is 16.1 Å². The van der Waals surface area contributed by atoms with Gasteiger partial charge in [-0.15, -0.1) is 0 Å². The van der Waals surface area contributed by atoms with Crippen LogP contribution in [0, 0.1) is 12.7 Å². The average molecular weight is 471 g/mol. The van der Waals surface area contributed by atoms with Gasteiger partial charge in [0, 0.05) is 18.3 Å². The lowest BCUT2D eigenvalue weighted by Gasteiger charge is -2.29. The van der Waals surface area contributed by atoms with Crippen molar-refractivity contribution in [3.63, 3.8) is 0 Å². The maximum absolute atomic E-state index is 13.1. The number of nitrogens with zero attached hydrogens (tertiary/aromatic N) is 1. The summed E-state index contributed by atoms with van der Waals surface area (Å²) >= 11 is 0. The molecule has 1 atom stereocenters. The van der Waals surface area contributed by atoms with E-state index in [1.165, 1.54) is 12.1 Å².